The van der Waals surface area contributed by atoms with Gasteiger partial charge in [-0.2, -0.15) is 0 Å². The zero-order chi connectivity index (χ0) is 22.8. The van der Waals surface area contributed by atoms with Crippen LogP contribution in [0.15, 0.2) is 108 Å². The molecule has 0 saturated carbocycles. The highest BCUT2D eigenvalue weighted by Crippen LogP contribution is 2.30. The molecule has 0 aliphatic carbocycles. The van der Waals surface area contributed by atoms with Crippen LogP contribution in [-0.2, 0) is 9.84 Å². The van der Waals surface area contributed by atoms with Gasteiger partial charge in [0.05, 0.1) is 16.1 Å². The lowest BCUT2D eigenvalue weighted by molar-refractivity contribution is 0.602. The van der Waals surface area contributed by atoms with E-state index >= 15 is 0 Å². The minimum Gasteiger partial charge on any atom is -0.355 e. The van der Waals surface area contributed by atoms with Gasteiger partial charge in [-0.15, -0.1) is 0 Å². The van der Waals surface area contributed by atoms with E-state index in [-0.39, 0.29) is 0 Å². The minimum atomic E-state index is -3.22. The summed E-state index contributed by atoms with van der Waals surface area (Å²) in [6.45, 7) is 0. The van der Waals surface area contributed by atoms with Gasteiger partial charge in [-0.05, 0) is 47.5 Å². The predicted molar refractivity (Wildman–Crippen MR) is 133 cm³/mol. The van der Waals surface area contributed by atoms with Gasteiger partial charge in [0.25, 0.3) is 0 Å². The van der Waals surface area contributed by atoms with Crippen LogP contribution in [0, 0.1) is 0 Å². The lowest BCUT2D eigenvalue weighted by atomic mass is 10.0. The van der Waals surface area contributed by atoms with Gasteiger partial charge >= 0.3 is 0 Å². The average Bonchev–Trinajstić information content (AvgIpc) is 2.84. The number of hydrogen-bond donors (Lipinski definition) is 1. The molecule has 3 aromatic carbocycles. The van der Waals surface area contributed by atoms with E-state index in [4.69, 9.17) is 0 Å². The summed E-state index contributed by atoms with van der Waals surface area (Å²) in [5, 5.41) is 4.49. The van der Waals surface area contributed by atoms with Crippen molar-refractivity contribution in [1.82, 2.24) is 9.97 Å². The summed E-state index contributed by atoms with van der Waals surface area (Å²) in [4.78, 5) is 9.34. The second-order valence-corrected chi connectivity index (χ2v) is 9.82. The number of benzene rings is 3. The minimum absolute atomic E-state index is 0.309. The van der Waals surface area contributed by atoms with Gasteiger partial charge in [-0.25, -0.2) is 8.42 Å². The largest absolute Gasteiger partial charge is 0.355 e. The van der Waals surface area contributed by atoms with Crippen molar-refractivity contribution < 1.29 is 8.42 Å². The predicted octanol–water partition coefficient (Wildman–Crippen LogP) is 6.11. The molecule has 0 aliphatic rings. The Kier molecular flexibility index (Phi) is 5.36. The highest BCUT2D eigenvalue weighted by molar-refractivity contribution is 7.90. The smallest absolute Gasteiger partial charge is 0.175 e. The van der Waals surface area contributed by atoms with Crippen LogP contribution < -0.4 is 5.32 Å². The number of rotatable bonds is 5. The Balaban J connectivity index is 1.46. The third-order valence-electron chi connectivity index (χ3n) is 5.47. The van der Waals surface area contributed by atoms with E-state index in [0.29, 0.717) is 4.90 Å². The van der Waals surface area contributed by atoms with Crippen molar-refractivity contribution in [1.29, 1.82) is 0 Å². The number of pyridine rings is 2. The van der Waals surface area contributed by atoms with E-state index in [1.165, 1.54) is 6.26 Å². The van der Waals surface area contributed by atoms with Gasteiger partial charge in [0.1, 0.15) is 0 Å². The van der Waals surface area contributed by atoms with Crippen molar-refractivity contribution in [3.63, 3.8) is 0 Å². The van der Waals surface area contributed by atoms with E-state index in [2.05, 4.69) is 15.3 Å². The van der Waals surface area contributed by atoms with Gasteiger partial charge in [0.2, 0.25) is 0 Å². The Morgan fingerprint density at radius 1 is 0.697 bits per heavy atom. The summed E-state index contributed by atoms with van der Waals surface area (Å²) in [6.07, 6.45) is 4.79. The fraction of sp³-hybridized carbons (Fsp3) is 0.0370. The molecule has 0 atom stereocenters. The number of nitrogens with one attached hydrogen (secondary N) is 1. The molecule has 0 unspecified atom stereocenters. The normalized spacial score (nSPS) is 11.4. The monoisotopic (exact) mass is 451 g/mol. The van der Waals surface area contributed by atoms with E-state index < -0.39 is 9.84 Å². The number of anilines is 2. The summed E-state index contributed by atoms with van der Waals surface area (Å²) in [5.41, 5.74) is 6.61. The first-order chi connectivity index (χ1) is 16.0. The summed E-state index contributed by atoms with van der Waals surface area (Å²) in [7, 11) is -3.22. The Hall–Kier alpha value is -4.03. The van der Waals surface area contributed by atoms with Crippen LogP contribution in [0.25, 0.3) is 33.3 Å². The van der Waals surface area contributed by atoms with Crippen molar-refractivity contribution in [2.75, 3.05) is 11.6 Å². The van der Waals surface area contributed by atoms with E-state index in [0.717, 1.165) is 44.7 Å². The fourth-order valence-corrected chi connectivity index (χ4v) is 4.39. The average molecular weight is 452 g/mol. The second kappa shape index (κ2) is 8.48. The number of sulfone groups is 1. The van der Waals surface area contributed by atoms with Crippen molar-refractivity contribution in [2.24, 2.45) is 0 Å². The first-order valence-corrected chi connectivity index (χ1v) is 12.3. The molecule has 5 nitrogen and oxygen atoms in total. The van der Waals surface area contributed by atoms with E-state index in [1.54, 1.807) is 24.5 Å². The van der Waals surface area contributed by atoms with Gasteiger partial charge in [0.15, 0.2) is 9.84 Å². The molecule has 6 heteroatoms. The van der Waals surface area contributed by atoms with Gasteiger partial charge in [-0.3, -0.25) is 9.97 Å². The molecule has 0 bridgehead atoms. The molecule has 33 heavy (non-hydrogen) atoms. The molecular formula is C27H21N3O2S. The molecular weight excluding hydrogens is 430 g/mol. The molecule has 0 saturated heterocycles. The Morgan fingerprint density at radius 2 is 1.42 bits per heavy atom. The molecule has 162 valence electrons. The summed E-state index contributed by atoms with van der Waals surface area (Å²) in [5.74, 6) is 0. The fourth-order valence-electron chi connectivity index (χ4n) is 3.76. The maximum atomic E-state index is 11.7. The van der Waals surface area contributed by atoms with Crippen LogP contribution in [0.3, 0.4) is 0 Å². The van der Waals surface area contributed by atoms with Gasteiger partial charge < -0.3 is 5.32 Å². The Bertz CT molecular complexity index is 1550. The molecule has 2 heterocycles. The molecule has 2 aromatic heterocycles. The van der Waals surface area contributed by atoms with Crippen molar-refractivity contribution in [3.8, 4) is 22.4 Å². The van der Waals surface area contributed by atoms with Gasteiger partial charge in [0, 0.05) is 41.0 Å². The molecule has 0 aliphatic heterocycles. The molecule has 0 spiro atoms. The highest BCUT2D eigenvalue weighted by atomic mass is 32.2. The van der Waals surface area contributed by atoms with Gasteiger partial charge in [-0.1, -0.05) is 54.6 Å². The molecule has 5 rings (SSSR count). The highest BCUT2D eigenvalue weighted by Gasteiger charge is 2.09. The number of aromatic nitrogens is 2. The van der Waals surface area contributed by atoms with Crippen molar-refractivity contribution in [3.05, 3.63) is 103 Å². The number of fused-ring (bicyclic) bond motifs is 1. The summed E-state index contributed by atoms with van der Waals surface area (Å²) < 4.78 is 23.4. The molecule has 5 aromatic rings. The Labute approximate surface area is 192 Å². The van der Waals surface area contributed by atoms with Crippen molar-refractivity contribution >= 4 is 32.1 Å². The lowest BCUT2D eigenvalue weighted by Gasteiger charge is -2.12. The first-order valence-electron chi connectivity index (χ1n) is 10.5. The maximum Gasteiger partial charge on any atom is 0.175 e. The van der Waals surface area contributed by atoms with E-state index in [9.17, 15) is 8.42 Å². The summed E-state index contributed by atoms with van der Waals surface area (Å²) in [6, 6.07) is 29.0. The third-order valence-corrected chi connectivity index (χ3v) is 6.60. The lowest BCUT2D eigenvalue weighted by Crippen LogP contribution is -1.96. The zero-order valence-corrected chi connectivity index (χ0v) is 18.8. The first kappa shape index (κ1) is 20.8. The third kappa shape index (κ3) is 4.47. The zero-order valence-electron chi connectivity index (χ0n) is 17.9. The summed E-state index contributed by atoms with van der Waals surface area (Å²) >= 11 is 0. The SMILES string of the molecule is CS(=O)(=O)c1ccc(-c2ccc3c(Nc4ccnc(-c5ccccc5)c4)ccnc3c2)cc1. The molecule has 0 amide bonds. The molecule has 0 radical (unpaired) electrons. The number of nitrogens with zero attached hydrogens (tertiary/aromatic N) is 2. The molecule has 1 N–H and O–H groups in total. The molecule has 0 fully saturated rings. The topological polar surface area (TPSA) is 72.0 Å². The van der Waals surface area contributed by atoms with Crippen LogP contribution in [0.4, 0.5) is 11.4 Å². The quantitative estimate of drug-likeness (QED) is 0.349. The van der Waals surface area contributed by atoms with Crippen LogP contribution in [0.5, 0.6) is 0 Å². The standard InChI is InChI=1S/C27H21N3O2S/c1-33(31,32)23-10-7-19(8-11-23)21-9-12-24-25(14-16-29-27(24)17-21)30-22-13-15-28-26(18-22)20-5-3-2-4-6-20/h2-18H,1H3,(H,28,29,30). The van der Waals surface area contributed by atoms with Crippen LogP contribution >= 0.6 is 0 Å². The van der Waals surface area contributed by atoms with Crippen LogP contribution in [-0.4, -0.2) is 24.6 Å². The van der Waals surface area contributed by atoms with E-state index in [1.807, 2.05) is 78.9 Å². The second-order valence-electron chi connectivity index (χ2n) is 7.81. The van der Waals surface area contributed by atoms with Crippen LogP contribution in [0.2, 0.25) is 0 Å². The van der Waals surface area contributed by atoms with Crippen LogP contribution in [0.1, 0.15) is 0 Å². The van der Waals surface area contributed by atoms with Crippen molar-refractivity contribution in [2.45, 2.75) is 4.90 Å². The maximum absolute atomic E-state index is 11.7. The Morgan fingerprint density at radius 3 is 2.18 bits per heavy atom. The number of hydrogen-bond acceptors (Lipinski definition) is 5.